The molecular formula is C19H21F3N4O4S. The van der Waals surface area contributed by atoms with Crippen LogP contribution in [0.4, 0.5) is 18.9 Å². The fourth-order valence-electron chi connectivity index (χ4n) is 2.39. The minimum absolute atomic E-state index is 0.0164. The van der Waals surface area contributed by atoms with E-state index in [4.69, 9.17) is 0 Å². The Balaban J connectivity index is 1.83. The molecule has 0 bridgehead atoms. The van der Waals surface area contributed by atoms with Gasteiger partial charge in [0.15, 0.2) is 0 Å². The van der Waals surface area contributed by atoms with Crippen molar-refractivity contribution in [2.24, 2.45) is 0 Å². The van der Waals surface area contributed by atoms with Crippen LogP contribution in [0.1, 0.15) is 11.1 Å². The molecule has 2 rings (SSSR count). The summed E-state index contributed by atoms with van der Waals surface area (Å²) in [7, 11) is -2.68. The van der Waals surface area contributed by atoms with Crippen molar-refractivity contribution in [2.75, 3.05) is 25.5 Å². The second kappa shape index (κ2) is 9.79. The number of alkyl halides is 3. The molecule has 0 radical (unpaired) electrons. The third-order valence-electron chi connectivity index (χ3n) is 4.08. The van der Waals surface area contributed by atoms with E-state index in [9.17, 15) is 31.2 Å². The van der Waals surface area contributed by atoms with E-state index in [0.29, 0.717) is 0 Å². The van der Waals surface area contributed by atoms with Crippen molar-refractivity contribution in [2.45, 2.75) is 18.0 Å². The number of benzene rings is 2. The standard InChI is InChI=1S/C19H21F3N4O4S/c1-13-6-8-16(9-7-13)31(29,30)26(2)12-18(28)25-24-17(27)11-23-15-5-3-4-14(10-15)19(20,21)22/h3-10,23H,11-12H2,1-2H3,(H,24,27)(H,25,28). The number of nitrogens with one attached hydrogen (secondary N) is 3. The van der Waals surface area contributed by atoms with Gasteiger partial charge in [-0.2, -0.15) is 17.5 Å². The molecule has 0 aromatic heterocycles. The Morgan fingerprint density at radius 1 is 1.00 bits per heavy atom. The van der Waals surface area contributed by atoms with E-state index in [2.05, 4.69) is 16.2 Å². The Kier molecular flexibility index (Phi) is 7.63. The third-order valence-corrected chi connectivity index (χ3v) is 5.90. The fraction of sp³-hybridized carbons (Fsp3) is 0.263. The largest absolute Gasteiger partial charge is 0.416 e. The van der Waals surface area contributed by atoms with Crippen molar-refractivity contribution in [3.63, 3.8) is 0 Å². The van der Waals surface area contributed by atoms with Gasteiger partial charge in [0.05, 0.1) is 23.5 Å². The Bertz CT molecular complexity index is 1040. The zero-order valence-corrected chi connectivity index (χ0v) is 17.5. The molecule has 168 valence electrons. The van der Waals surface area contributed by atoms with Crippen LogP contribution >= 0.6 is 0 Å². The molecule has 0 saturated carbocycles. The van der Waals surface area contributed by atoms with Crippen LogP contribution in [0, 0.1) is 6.92 Å². The van der Waals surface area contributed by atoms with E-state index in [0.717, 1.165) is 22.0 Å². The number of hydrogen-bond donors (Lipinski definition) is 3. The molecule has 0 unspecified atom stereocenters. The topological polar surface area (TPSA) is 108 Å². The predicted octanol–water partition coefficient (Wildman–Crippen LogP) is 1.89. The Morgan fingerprint density at radius 3 is 2.23 bits per heavy atom. The summed E-state index contributed by atoms with van der Waals surface area (Å²) in [6, 6.07) is 10.4. The van der Waals surface area contributed by atoms with Gasteiger partial charge >= 0.3 is 6.18 Å². The average Bonchev–Trinajstić information content (AvgIpc) is 2.70. The lowest BCUT2D eigenvalue weighted by molar-refractivity contribution is -0.137. The Morgan fingerprint density at radius 2 is 1.61 bits per heavy atom. The van der Waals surface area contributed by atoms with Gasteiger partial charge in [-0.05, 0) is 37.3 Å². The molecule has 0 spiro atoms. The van der Waals surface area contributed by atoms with Crippen molar-refractivity contribution in [3.05, 3.63) is 59.7 Å². The second-order valence-electron chi connectivity index (χ2n) is 6.60. The molecule has 8 nitrogen and oxygen atoms in total. The first-order valence-electron chi connectivity index (χ1n) is 8.91. The lowest BCUT2D eigenvalue weighted by atomic mass is 10.2. The lowest BCUT2D eigenvalue weighted by Crippen LogP contribution is -2.48. The highest BCUT2D eigenvalue weighted by Crippen LogP contribution is 2.30. The zero-order chi connectivity index (χ0) is 23.2. The van der Waals surface area contributed by atoms with Crippen LogP contribution in [0.25, 0.3) is 0 Å². The van der Waals surface area contributed by atoms with E-state index in [1.54, 1.807) is 19.1 Å². The smallest absolute Gasteiger partial charge is 0.376 e. The van der Waals surface area contributed by atoms with E-state index in [1.165, 1.54) is 31.3 Å². The molecule has 3 N–H and O–H groups in total. The highest BCUT2D eigenvalue weighted by atomic mass is 32.2. The van der Waals surface area contributed by atoms with Gasteiger partial charge in [-0.15, -0.1) is 0 Å². The van der Waals surface area contributed by atoms with Gasteiger partial charge in [0.2, 0.25) is 10.0 Å². The maximum Gasteiger partial charge on any atom is 0.416 e. The molecule has 0 aliphatic carbocycles. The number of halogens is 3. The number of aryl methyl sites for hydroxylation is 1. The quantitative estimate of drug-likeness (QED) is 0.550. The van der Waals surface area contributed by atoms with Gasteiger partial charge in [0.1, 0.15) is 0 Å². The highest BCUT2D eigenvalue weighted by molar-refractivity contribution is 7.89. The maximum atomic E-state index is 12.7. The number of rotatable bonds is 7. The number of likely N-dealkylation sites (N-methyl/N-ethyl adjacent to an activating group) is 1. The highest BCUT2D eigenvalue weighted by Gasteiger charge is 2.30. The van der Waals surface area contributed by atoms with Crippen molar-refractivity contribution in [3.8, 4) is 0 Å². The summed E-state index contributed by atoms with van der Waals surface area (Å²) in [5.74, 6) is -1.54. The first kappa shape index (κ1) is 24.2. The van der Waals surface area contributed by atoms with E-state index < -0.39 is 46.7 Å². The number of hydrogen-bond acceptors (Lipinski definition) is 5. The number of carbonyl (C=O) groups excluding carboxylic acids is 2. The summed E-state index contributed by atoms with van der Waals surface area (Å²) in [4.78, 5) is 23.8. The lowest BCUT2D eigenvalue weighted by Gasteiger charge is -2.17. The number of nitrogens with zero attached hydrogens (tertiary/aromatic N) is 1. The van der Waals surface area contributed by atoms with Gasteiger partial charge in [0.25, 0.3) is 11.8 Å². The molecule has 31 heavy (non-hydrogen) atoms. The maximum absolute atomic E-state index is 12.7. The molecule has 2 aromatic rings. The summed E-state index contributed by atoms with van der Waals surface area (Å²) in [6.45, 7) is 0.828. The molecule has 0 aliphatic rings. The predicted molar refractivity (Wildman–Crippen MR) is 107 cm³/mol. The van der Waals surface area contributed by atoms with Crippen LogP contribution < -0.4 is 16.2 Å². The summed E-state index contributed by atoms with van der Waals surface area (Å²) in [5.41, 5.74) is 4.18. The van der Waals surface area contributed by atoms with Gasteiger partial charge in [-0.3, -0.25) is 20.4 Å². The van der Waals surface area contributed by atoms with Gasteiger partial charge in [-0.25, -0.2) is 8.42 Å². The molecule has 0 heterocycles. The molecule has 0 saturated heterocycles. The third kappa shape index (κ3) is 6.96. The van der Waals surface area contributed by atoms with Crippen LogP contribution in [-0.4, -0.2) is 44.7 Å². The molecular weight excluding hydrogens is 437 g/mol. The van der Waals surface area contributed by atoms with Crippen LogP contribution in [0.3, 0.4) is 0 Å². The van der Waals surface area contributed by atoms with E-state index in [1.807, 2.05) is 0 Å². The van der Waals surface area contributed by atoms with Crippen LogP contribution in [0.15, 0.2) is 53.4 Å². The Labute approximate surface area is 177 Å². The molecule has 2 aromatic carbocycles. The van der Waals surface area contributed by atoms with Crippen molar-refractivity contribution in [1.29, 1.82) is 0 Å². The SMILES string of the molecule is Cc1ccc(S(=O)(=O)N(C)CC(=O)NNC(=O)CNc2cccc(C(F)(F)F)c2)cc1. The normalized spacial score (nSPS) is 11.8. The number of amides is 2. The minimum Gasteiger partial charge on any atom is -0.376 e. The summed E-state index contributed by atoms with van der Waals surface area (Å²) < 4.78 is 63.8. The van der Waals surface area contributed by atoms with Gasteiger partial charge in [-0.1, -0.05) is 23.8 Å². The zero-order valence-electron chi connectivity index (χ0n) is 16.7. The number of hydrazine groups is 1. The molecule has 2 amide bonds. The second-order valence-corrected chi connectivity index (χ2v) is 8.65. The fourth-order valence-corrected chi connectivity index (χ4v) is 3.52. The van der Waals surface area contributed by atoms with E-state index in [-0.39, 0.29) is 10.6 Å². The van der Waals surface area contributed by atoms with Crippen LogP contribution in [0.5, 0.6) is 0 Å². The van der Waals surface area contributed by atoms with Gasteiger partial charge < -0.3 is 5.32 Å². The van der Waals surface area contributed by atoms with Crippen LogP contribution in [-0.2, 0) is 25.8 Å². The molecule has 0 atom stereocenters. The molecule has 0 fully saturated rings. The number of sulfonamides is 1. The molecule has 0 aliphatic heterocycles. The van der Waals surface area contributed by atoms with Crippen molar-refractivity contribution >= 4 is 27.5 Å². The summed E-state index contributed by atoms with van der Waals surface area (Å²) in [5, 5.41) is 2.50. The van der Waals surface area contributed by atoms with Crippen molar-refractivity contribution < 1.29 is 31.2 Å². The van der Waals surface area contributed by atoms with Crippen molar-refractivity contribution in [1.82, 2.24) is 15.2 Å². The molecule has 12 heteroatoms. The van der Waals surface area contributed by atoms with E-state index >= 15 is 0 Å². The monoisotopic (exact) mass is 458 g/mol. The number of anilines is 1. The summed E-state index contributed by atoms with van der Waals surface area (Å²) in [6.07, 6.45) is -4.52. The minimum atomic E-state index is -4.52. The van der Waals surface area contributed by atoms with Gasteiger partial charge in [0, 0.05) is 12.7 Å². The Hall–Kier alpha value is -3.12. The first-order chi connectivity index (χ1) is 14.4. The van der Waals surface area contributed by atoms with Crippen LogP contribution in [0.2, 0.25) is 0 Å². The first-order valence-corrected chi connectivity index (χ1v) is 10.4. The number of carbonyl (C=O) groups is 2. The average molecular weight is 458 g/mol. The summed E-state index contributed by atoms with van der Waals surface area (Å²) >= 11 is 0.